The van der Waals surface area contributed by atoms with E-state index in [1.807, 2.05) is 17.0 Å². The van der Waals surface area contributed by atoms with E-state index in [2.05, 4.69) is 24.4 Å². The van der Waals surface area contributed by atoms with Crippen LogP contribution in [0.5, 0.6) is 0 Å². The molecule has 0 radical (unpaired) electrons. The molecule has 3 nitrogen and oxygen atoms in total. The smallest absolute Gasteiger partial charge is 0.234 e. The standard InChI is InChI=1S/C21H24F2N2O/c1-15-4-2-3-5-16(15)10-11-24-21(26)14-25(19-8-9-19)13-17-6-7-18(22)12-20(17)23/h2-7,12,19H,8-11,13-14H2,1H3,(H,24,26). The van der Waals surface area contributed by atoms with Gasteiger partial charge in [0.25, 0.3) is 0 Å². The van der Waals surface area contributed by atoms with Crippen LogP contribution in [0.25, 0.3) is 0 Å². The van der Waals surface area contributed by atoms with Crippen LogP contribution in [0, 0.1) is 18.6 Å². The minimum atomic E-state index is -0.585. The van der Waals surface area contributed by atoms with Crippen LogP contribution in [0.3, 0.4) is 0 Å². The van der Waals surface area contributed by atoms with Crippen molar-refractivity contribution in [2.45, 2.75) is 38.8 Å². The first-order chi connectivity index (χ1) is 12.5. The first kappa shape index (κ1) is 18.5. The van der Waals surface area contributed by atoms with Crippen LogP contribution in [0.4, 0.5) is 8.78 Å². The van der Waals surface area contributed by atoms with E-state index in [4.69, 9.17) is 0 Å². The molecule has 1 amide bonds. The molecule has 2 aromatic rings. The summed E-state index contributed by atoms with van der Waals surface area (Å²) in [7, 11) is 0. The second kappa shape index (κ2) is 8.41. The molecule has 0 heterocycles. The second-order valence-electron chi connectivity index (χ2n) is 6.90. The van der Waals surface area contributed by atoms with Crippen molar-refractivity contribution in [3.8, 4) is 0 Å². The Balaban J connectivity index is 1.51. The number of halogens is 2. The monoisotopic (exact) mass is 358 g/mol. The van der Waals surface area contributed by atoms with Crippen molar-refractivity contribution in [1.82, 2.24) is 10.2 Å². The van der Waals surface area contributed by atoms with Gasteiger partial charge >= 0.3 is 0 Å². The van der Waals surface area contributed by atoms with Crippen molar-refractivity contribution in [3.63, 3.8) is 0 Å². The lowest BCUT2D eigenvalue weighted by molar-refractivity contribution is -0.122. The number of rotatable bonds is 8. The normalized spacial score (nSPS) is 13.8. The fraction of sp³-hybridized carbons (Fsp3) is 0.381. The van der Waals surface area contributed by atoms with Crippen LogP contribution in [0.1, 0.15) is 29.5 Å². The molecule has 0 saturated heterocycles. The van der Waals surface area contributed by atoms with Gasteiger partial charge in [-0.2, -0.15) is 0 Å². The van der Waals surface area contributed by atoms with Gasteiger partial charge in [-0.25, -0.2) is 8.78 Å². The average Bonchev–Trinajstić information content (AvgIpc) is 3.43. The number of hydrogen-bond acceptors (Lipinski definition) is 2. The molecular formula is C21H24F2N2O. The van der Waals surface area contributed by atoms with E-state index in [0.717, 1.165) is 25.3 Å². The van der Waals surface area contributed by atoms with E-state index in [1.165, 1.54) is 23.3 Å². The summed E-state index contributed by atoms with van der Waals surface area (Å²) in [5.41, 5.74) is 2.86. The first-order valence-electron chi connectivity index (χ1n) is 9.02. The molecule has 0 spiro atoms. The molecule has 1 fully saturated rings. The summed E-state index contributed by atoms with van der Waals surface area (Å²) in [5, 5.41) is 2.95. The van der Waals surface area contributed by atoms with Gasteiger partial charge in [0.2, 0.25) is 5.91 Å². The Kier molecular flexibility index (Phi) is 5.99. The van der Waals surface area contributed by atoms with Crippen molar-refractivity contribution in [2.75, 3.05) is 13.1 Å². The predicted octanol–water partition coefficient (Wildman–Crippen LogP) is 3.60. The van der Waals surface area contributed by atoms with Gasteiger partial charge in [0.15, 0.2) is 0 Å². The minimum absolute atomic E-state index is 0.0620. The third-order valence-corrected chi connectivity index (χ3v) is 4.78. The fourth-order valence-corrected chi connectivity index (χ4v) is 3.09. The van der Waals surface area contributed by atoms with Gasteiger partial charge in [-0.15, -0.1) is 0 Å². The molecule has 1 aliphatic rings. The van der Waals surface area contributed by atoms with Crippen LogP contribution in [-0.2, 0) is 17.8 Å². The molecule has 0 atom stereocenters. The molecule has 26 heavy (non-hydrogen) atoms. The first-order valence-corrected chi connectivity index (χ1v) is 9.02. The van der Waals surface area contributed by atoms with E-state index in [1.54, 1.807) is 0 Å². The van der Waals surface area contributed by atoms with E-state index < -0.39 is 11.6 Å². The minimum Gasteiger partial charge on any atom is -0.355 e. The molecule has 0 unspecified atom stereocenters. The number of carbonyl (C=O) groups is 1. The van der Waals surface area contributed by atoms with Crippen LogP contribution in [0.2, 0.25) is 0 Å². The quantitative estimate of drug-likeness (QED) is 0.782. The molecular weight excluding hydrogens is 334 g/mol. The van der Waals surface area contributed by atoms with Crippen LogP contribution < -0.4 is 5.32 Å². The summed E-state index contributed by atoms with van der Waals surface area (Å²) in [5.74, 6) is -1.21. The fourth-order valence-electron chi connectivity index (χ4n) is 3.09. The number of hydrogen-bond donors (Lipinski definition) is 1. The average molecular weight is 358 g/mol. The molecule has 5 heteroatoms. The second-order valence-corrected chi connectivity index (χ2v) is 6.90. The van der Waals surface area contributed by atoms with Crippen molar-refractivity contribution >= 4 is 5.91 Å². The molecule has 138 valence electrons. The Morgan fingerprint density at radius 2 is 1.92 bits per heavy atom. The molecule has 2 aromatic carbocycles. The van der Waals surface area contributed by atoms with Gasteiger partial charge in [-0.1, -0.05) is 30.3 Å². The zero-order valence-electron chi connectivity index (χ0n) is 15.0. The maximum Gasteiger partial charge on any atom is 0.234 e. The van der Waals surface area contributed by atoms with Crippen molar-refractivity contribution in [2.24, 2.45) is 0 Å². The van der Waals surface area contributed by atoms with Crippen molar-refractivity contribution < 1.29 is 13.6 Å². The van der Waals surface area contributed by atoms with E-state index in [-0.39, 0.29) is 12.5 Å². The highest BCUT2D eigenvalue weighted by Crippen LogP contribution is 2.28. The Morgan fingerprint density at radius 1 is 1.15 bits per heavy atom. The number of amides is 1. The van der Waals surface area contributed by atoms with E-state index in [0.29, 0.717) is 24.7 Å². The number of nitrogens with zero attached hydrogens (tertiary/aromatic N) is 1. The maximum absolute atomic E-state index is 13.9. The molecule has 0 aromatic heterocycles. The van der Waals surface area contributed by atoms with Crippen molar-refractivity contribution in [1.29, 1.82) is 0 Å². The summed E-state index contributed by atoms with van der Waals surface area (Å²) >= 11 is 0. The van der Waals surface area contributed by atoms with Gasteiger partial charge < -0.3 is 5.32 Å². The molecule has 3 rings (SSSR count). The summed E-state index contributed by atoms with van der Waals surface area (Å²) in [6.07, 6.45) is 2.81. The maximum atomic E-state index is 13.9. The van der Waals surface area contributed by atoms with Crippen LogP contribution in [-0.4, -0.2) is 29.9 Å². The summed E-state index contributed by atoms with van der Waals surface area (Å²) in [4.78, 5) is 14.3. The van der Waals surface area contributed by atoms with E-state index >= 15 is 0 Å². The van der Waals surface area contributed by atoms with Crippen LogP contribution >= 0.6 is 0 Å². The number of aryl methyl sites for hydroxylation is 1. The van der Waals surface area contributed by atoms with Gasteiger partial charge in [0, 0.05) is 30.8 Å². The number of carbonyl (C=O) groups excluding carboxylic acids is 1. The molecule has 0 bridgehead atoms. The Hall–Kier alpha value is -2.27. The lowest BCUT2D eigenvalue weighted by Gasteiger charge is -2.22. The lowest BCUT2D eigenvalue weighted by Crippen LogP contribution is -2.39. The summed E-state index contributed by atoms with van der Waals surface area (Å²) in [6, 6.07) is 12.0. The SMILES string of the molecule is Cc1ccccc1CCNC(=O)CN(Cc1ccc(F)cc1F)C1CC1. The third kappa shape index (κ3) is 5.11. The topological polar surface area (TPSA) is 32.3 Å². The van der Waals surface area contributed by atoms with Crippen molar-refractivity contribution in [3.05, 3.63) is 70.8 Å². The van der Waals surface area contributed by atoms with Gasteiger partial charge in [0.05, 0.1) is 6.54 Å². The van der Waals surface area contributed by atoms with E-state index in [9.17, 15) is 13.6 Å². The van der Waals surface area contributed by atoms with Gasteiger partial charge in [0.1, 0.15) is 11.6 Å². The summed E-state index contributed by atoms with van der Waals surface area (Å²) in [6.45, 7) is 3.19. The Bertz CT molecular complexity index is 774. The third-order valence-electron chi connectivity index (χ3n) is 4.78. The number of benzene rings is 2. The lowest BCUT2D eigenvalue weighted by atomic mass is 10.1. The van der Waals surface area contributed by atoms with Gasteiger partial charge in [-0.05, 0) is 43.4 Å². The summed E-state index contributed by atoms with van der Waals surface area (Å²) < 4.78 is 26.9. The highest BCUT2D eigenvalue weighted by molar-refractivity contribution is 5.78. The Morgan fingerprint density at radius 3 is 2.62 bits per heavy atom. The highest BCUT2D eigenvalue weighted by atomic mass is 19.1. The zero-order chi connectivity index (χ0) is 18.5. The Labute approximate surface area is 153 Å². The molecule has 1 N–H and O–H groups in total. The number of nitrogens with one attached hydrogen (secondary N) is 1. The largest absolute Gasteiger partial charge is 0.355 e. The highest BCUT2D eigenvalue weighted by Gasteiger charge is 2.30. The van der Waals surface area contributed by atoms with Crippen LogP contribution in [0.15, 0.2) is 42.5 Å². The predicted molar refractivity (Wildman–Crippen MR) is 97.7 cm³/mol. The zero-order valence-corrected chi connectivity index (χ0v) is 15.0. The molecule has 1 aliphatic carbocycles. The molecule has 1 saturated carbocycles. The molecule has 0 aliphatic heterocycles. The van der Waals surface area contributed by atoms with Gasteiger partial charge in [-0.3, -0.25) is 9.69 Å².